The van der Waals surface area contributed by atoms with Crippen LogP contribution in [-0.2, 0) is 9.59 Å². The molecule has 0 bridgehead atoms. The van der Waals surface area contributed by atoms with Crippen LogP contribution in [0, 0.1) is 5.92 Å². The molecule has 6 nitrogen and oxygen atoms in total. The molecule has 1 aliphatic rings. The van der Waals surface area contributed by atoms with Gasteiger partial charge in [0.2, 0.25) is 0 Å². The van der Waals surface area contributed by atoms with E-state index in [2.05, 4.69) is 19.2 Å². The molecular formula is C26H32N2O4. The first-order chi connectivity index (χ1) is 15.3. The van der Waals surface area contributed by atoms with E-state index in [9.17, 15) is 9.59 Å². The summed E-state index contributed by atoms with van der Waals surface area (Å²) in [6, 6.07) is 14.7. The van der Waals surface area contributed by atoms with Crippen molar-refractivity contribution in [1.29, 1.82) is 0 Å². The normalized spacial score (nSPS) is 14.0. The molecule has 170 valence electrons. The van der Waals surface area contributed by atoms with Crippen LogP contribution in [0.2, 0.25) is 0 Å². The Bertz CT molecular complexity index is 976. The van der Waals surface area contributed by atoms with Crippen LogP contribution in [0.1, 0.15) is 46.6 Å². The number of ether oxygens (including phenoxy) is 2. The Hall–Kier alpha value is -3.28. The first-order valence-corrected chi connectivity index (χ1v) is 11.2. The van der Waals surface area contributed by atoms with Crippen LogP contribution in [0.15, 0.2) is 54.2 Å². The van der Waals surface area contributed by atoms with Crippen molar-refractivity contribution in [3.63, 3.8) is 0 Å². The van der Waals surface area contributed by atoms with Gasteiger partial charge in [0.05, 0.1) is 18.3 Å². The summed E-state index contributed by atoms with van der Waals surface area (Å²) in [5.41, 5.74) is 2.06. The average Bonchev–Trinajstić information content (AvgIpc) is 2.98. The lowest BCUT2D eigenvalue weighted by atomic mass is 10.0. The van der Waals surface area contributed by atoms with Gasteiger partial charge >= 0.3 is 0 Å². The van der Waals surface area contributed by atoms with E-state index in [0.717, 1.165) is 11.5 Å². The van der Waals surface area contributed by atoms with Crippen molar-refractivity contribution in [1.82, 2.24) is 4.90 Å². The summed E-state index contributed by atoms with van der Waals surface area (Å²) in [5, 5.41) is 3.17. The molecule has 6 heteroatoms. The maximum atomic E-state index is 13.1. The second-order valence-electron chi connectivity index (χ2n) is 8.56. The zero-order chi connectivity index (χ0) is 23.3. The second-order valence-corrected chi connectivity index (χ2v) is 8.56. The van der Waals surface area contributed by atoms with Gasteiger partial charge in [-0.1, -0.05) is 32.9 Å². The van der Waals surface area contributed by atoms with Crippen molar-refractivity contribution in [3.05, 3.63) is 59.8 Å². The van der Waals surface area contributed by atoms with Gasteiger partial charge in [-0.15, -0.1) is 0 Å². The maximum absolute atomic E-state index is 13.1. The Morgan fingerprint density at radius 1 is 0.875 bits per heavy atom. The summed E-state index contributed by atoms with van der Waals surface area (Å²) < 4.78 is 11.4. The topological polar surface area (TPSA) is 67.9 Å². The minimum atomic E-state index is -0.311. The molecule has 32 heavy (non-hydrogen) atoms. The molecule has 0 atom stereocenters. The molecule has 0 saturated heterocycles. The van der Waals surface area contributed by atoms with Crippen molar-refractivity contribution in [2.24, 2.45) is 5.92 Å². The fourth-order valence-electron chi connectivity index (χ4n) is 3.40. The Kier molecular flexibility index (Phi) is 7.57. The van der Waals surface area contributed by atoms with Crippen molar-refractivity contribution in [2.45, 2.75) is 47.1 Å². The monoisotopic (exact) mass is 436 g/mol. The first-order valence-electron chi connectivity index (χ1n) is 11.2. The predicted molar refractivity (Wildman–Crippen MR) is 127 cm³/mol. The van der Waals surface area contributed by atoms with E-state index in [1.165, 1.54) is 4.90 Å². The fraction of sp³-hybridized carbons (Fsp3) is 0.385. The van der Waals surface area contributed by atoms with Crippen LogP contribution in [0.4, 0.5) is 5.69 Å². The largest absolute Gasteiger partial charge is 0.493 e. The molecule has 1 heterocycles. The van der Waals surface area contributed by atoms with Gasteiger partial charge in [-0.3, -0.25) is 14.5 Å². The molecule has 1 aliphatic heterocycles. The minimum Gasteiger partial charge on any atom is -0.493 e. The van der Waals surface area contributed by atoms with Gasteiger partial charge in [-0.2, -0.15) is 0 Å². The minimum absolute atomic E-state index is 0.0762. The average molecular weight is 437 g/mol. The predicted octanol–water partition coefficient (Wildman–Crippen LogP) is 5.11. The van der Waals surface area contributed by atoms with Gasteiger partial charge < -0.3 is 14.8 Å². The number of nitrogens with one attached hydrogen (secondary N) is 1. The molecule has 3 rings (SSSR count). The van der Waals surface area contributed by atoms with Crippen LogP contribution in [0.3, 0.4) is 0 Å². The number of carbonyl (C=O) groups excluding carboxylic acids is 2. The fourth-order valence-corrected chi connectivity index (χ4v) is 3.40. The Morgan fingerprint density at radius 2 is 1.50 bits per heavy atom. The standard InChI is InChI=1S/C26H32N2O4/c1-6-15-28-25(29)23(19-7-11-21(12-8-19)31-16-17(2)3)24(26(28)30)27-20-9-13-22(14-10-20)32-18(4)5/h7-14,17-18,27H,6,15-16H2,1-5H3. The highest BCUT2D eigenvalue weighted by atomic mass is 16.5. The van der Waals surface area contributed by atoms with Crippen LogP contribution in [-0.4, -0.2) is 36.0 Å². The van der Waals surface area contributed by atoms with E-state index < -0.39 is 0 Å². The highest BCUT2D eigenvalue weighted by Crippen LogP contribution is 2.32. The molecule has 0 fully saturated rings. The number of rotatable bonds is 10. The SMILES string of the molecule is CCCN1C(=O)C(Nc2ccc(OC(C)C)cc2)=C(c2ccc(OCC(C)C)cc2)C1=O. The van der Waals surface area contributed by atoms with Crippen molar-refractivity contribution in [2.75, 3.05) is 18.5 Å². The second kappa shape index (κ2) is 10.4. The van der Waals surface area contributed by atoms with Crippen molar-refractivity contribution in [3.8, 4) is 11.5 Å². The number of nitrogens with zero attached hydrogens (tertiary/aromatic N) is 1. The molecular weight excluding hydrogens is 404 g/mol. The van der Waals surface area contributed by atoms with Gasteiger partial charge in [0.1, 0.15) is 17.2 Å². The van der Waals surface area contributed by atoms with Gasteiger partial charge in [0.25, 0.3) is 11.8 Å². The third-order valence-corrected chi connectivity index (χ3v) is 4.84. The summed E-state index contributed by atoms with van der Waals surface area (Å²) in [7, 11) is 0. The van der Waals surface area contributed by atoms with E-state index in [4.69, 9.17) is 9.47 Å². The van der Waals surface area contributed by atoms with E-state index in [1.807, 2.05) is 69.3 Å². The summed E-state index contributed by atoms with van der Waals surface area (Å²) >= 11 is 0. The van der Waals surface area contributed by atoms with Crippen LogP contribution >= 0.6 is 0 Å². The third-order valence-electron chi connectivity index (χ3n) is 4.84. The molecule has 1 N–H and O–H groups in total. The van der Waals surface area contributed by atoms with Crippen LogP contribution in [0.25, 0.3) is 5.57 Å². The number of benzene rings is 2. The zero-order valence-corrected chi connectivity index (χ0v) is 19.5. The maximum Gasteiger partial charge on any atom is 0.278 e. The number of imide groups is 1. The van der Waals surface area contributed by atoms with E-state index >= 15 is 0 Å². The highest BCUT2D eigenvalue weighted by molar-refractivity contribution is 6.36. The zero-order valence-electron chi connectivity index (χ0n) is 19.5. The number of anilines is 1. The molecule has 2 amide bonds. The van der Waals surface area contributed by atoms with Crippen LogP contribution < -0.4 is 14.8 Å². The van der Waals surface area contributed by atoms with Crippen molar-refractivity contribution < 1.29 is 19.1 Å². The molecule has 0 spiro atoms. The molecule has 2 aromatic rings. The molecule has 0 unspecified atom stereocenters. The van der Waals surface area contributed by atoms with Gasteiger partial charge in [0.15, 0.2) is 0 Å². The van der Waals surface area contributed by atoms with E-state index in [-0.39, 0.29) is 23.6 Å². The lowest BCUT2D eigenvalue weighted by Gasteiger charge is -2.14. The lowest BCUT2D eigenvalue weighted by molar-refractivity contribution is -0.136. The number of carbonyl (C=O) groups is 2. The van der Waals surface area contributed by atoms with Gasteiger partial charge in [-0.05, 0) is 68.1 Å². The lowest BCUT2D eigenvalue weighted by Crippen LogP contribution is -2.33. The van der Waals surface area contributed by atoms with E-state index in [1.54, 1.807) is 0 Å². The molecule has 0 aromatic heterocycles. The molecule has 0 saturated carbocycles. The Labute approximate surface area is 190 Å². The Morgan fingerprint density at radius 3 is 2.06 bits per heavy atom. The quantitative estimate of drug-likeness (QED) is 0.524. The number of hydrogen-bond donors (Lipinski definition) is 1. The Balaban J connectivity index is 1.90. The molecule has 0 radical (unpaired) electrons. The first kappa shape index (κ1) is 23.4. The van der Waals surface area contributed by atoms with Gasteiger partial charge in [-0.25, -0.2) is 0 Å². The number of amides is 2. The summed E-state index contributed by atoms with van der Waals surface area (Å²) in [5.74, 6) is 1.31. The smallest absolute Gasteiger partial charge is 0.278 e. The summed E-state index contributed by atoms with van der Waals surface area (Å²) in [6.07, 6.45) is 0.772. The third kappa shape index (κ3) is 5.49. The summed E-state index contributed by atoms with van der Waals surface area (Å²) in [4.78, 5) is 27.5. The molecule has 2 aromatic carbocycles. The van der Waals surface area contributed by atoms with Crippen LogP contribution in [0.5, 0.6) is 11.5 Å². The highest BCUT2D eigenvalue weighted by Gasteiger charge is 2.38. The van der Waals surface area contributed by atoms with Gasteiger partial charge in [0, 0.05) is 12.2 Å². The number of hydrogen-bond acceptors (Lipinski definition) is 5. The van der Waals surface area contributed by atoms with E-state index in [0.29, 0.717) is 42.3 Å². The summed E-state index contributed by atoms with van der Waals surface area (Å²) in [6.45, 7) is 11.0. The molecule has 0 aliphatic carbocycles. The van der Waals surface area contributed by atoms with Crippen molar-refractivity contribution >= 4 is 23.1 Å².